The highest BCUT2D eigenvalue weighted by Gasteiger charge is 2.17. The second-order valence-corrected chi connectivity index (χ2v) is 6.13. The fourth-order valence-electron chi connectivity index (χ4n) is 1.04. The van der Waals surface area contributed by atoms with Crippen LogP contribution in [-0.4, -0.2) is 5.16 Å². The maximum atomic E-state index is 13.3. The van der Waals surface area contributed by atoms with Crippen molar-refractivity contribution in [3.63, 3.8) is 0 Å². The average Bonchev–Trinajstić information content (AvgIpc) is 2.10. The predicted octanol–water partition coefficient (Wildman–Crippen LogP) is 3.46. The molecule has 78 valence electrons. The lowest BCUT2D eigenvalue weighted by molar-refractivity contribution is 0.588. The zero-order valence-electron chi connectivity index (χ0n) is 8.70. The normalized spacial score (nSPS) is 12.6. The highest BCUT2D eigenvalue weighted by atomic mass is 31.1. The van der Waals surface area contributed by atoms with Crippen LogP contribution in [0.3, 0.4) is 0 Å². The van der Waals surface area contributed by atoms with Gasteiger partial charge in [-0.25, -0.2) is 8.78 Å². The molecule has 0 fully saturated rings. The van der Waals surface area contributed by atoms with Crippen LogP contribution >= 0.6 is 8.58 Å². The summed E-state index contributed by atoms with van der Waals surface area (Å²) < 4.78 is 25.9. The highest BCUT2D eigenvalue weighted by molar-refractivity contribution is 7.48. The molecular formula is C11H15F2P. The van der Waals surface area contributed by atoms with E-state index in [4.69, 9.17) is 0 Å². The van der Waals surface area contributed by atoms with E-state index in [1.807, 2.05) is 0 Å². The topological polar surface area (TPSA) is 0 Å². The molecule has 0 aliphatic carbocycles. The zero-order chi connectivity index (χ0) is 10.8. The van der Waals surface area contributed by atoms with Gasteiger partial charge in [-0.05, 0) is 23.7 Å². The van der Waals surface area contributed by atoms with Gasteiger partial charge in [0.2, 0.25) is 0 Å². The summed E-state index contributed by atoms with van der Waals surface area (Å²) in [6.45, 7) is 6.26. The molecule has 0 aromatic heterocycles. The van der Waals surface area contributed by atoms with E-state index in [9.17, 15) is 8.78 Å². The summed E-state index contributed by atoms with van der Waals surface area (Å²) in [5.41, 5.74) is 0. The first-order valence-electron chi connectivity index (χ1n) is 4.68. The molecule has 0 bridgehead atoms. The molecule has 0 saturated carbocycles. The third-order valence-corrected chi connectivity index (χ3v) is 3.99. The first kappa shape index (κ1) is 11.6. The number of benzene rings is 1. The van der Waals surface area contributed by atoms with Crippen LogP contribution in [0.1, 0.15) is 27.2 Å². The molecule has 0 saturated heterocycles. The quantitative estimate of drug-likeness (QED) is 0.679. The lowest BCUT2D eigenvalue weighted by atomic mass is 10.1. The molecule has 0 spiro atoms. The lowest BCUT2D eigenvalue weighted by Crippen LogP contribution is -2.17. The van der Waals surface area contributed by atoms with Crippen molar-refractivity contribution in [2.45, 2.75) is 32.3 Å². The van der Waals surface area contributed by atoms with Gasteiger partial charge in [0.1, 0.15) is 11.6 Å². The van der Waals surface area contributed by atoms with Gasteiger partial charge in [0.15, 0.2) is 0 Å². The minimum Gasteiger partial charge on any atom is -0.207 e. The van der Waals surface area contributed by atoms with Crippen molar-refractivity contribution in [1.29, 1.82) is 0 Å². The van der Waals surface area contributed by atoms with E-state index < -0.39 is 11.6 Å². The summed E-state index contributed by atoms with van der Waals surface area (Å²) in [6.07, 6.45) is 0.988. The van der Waals surface area contributed by atoms with Crippen LogP contribution in [0.2, 0.25) is 0 Å². The highest BCUT2D eigenvalue weighted by Crippen LogP contribution is 2.33. The van der Waals surface area contributed by atoms with Crippen molar-refractivity contribution in [2.75, 3.05) is 0 Å². The van der Waals surface area contributed by atoms with Gasteiger partial charge in [0.25, 0.3) is 0 Å². The minimum atomic E-state index is -0.509. The molecule has 0 N–H and O–H groups in total. The minimum absolute atomic E-state index is 0.0959. The Labute approximate surface area is 85.5 Å². The third-order valence-electron chi connectivity index (χ3n) is 2.29. The van der Waals surface area contributed by atoms with Crippen LogP contribution in [-0.2, 0) is 0 Å². The Bertz CT molecular complexity index is 321. The van der Waals surface area contributed by atoms with E-state index in [-0.39, 0.29) is 5.16 Å². The molecular weight excluding hydrogens is 201 g/mol. The van der Waals surface area contributed by atoms with E-state index in [1.165, 1.54) is 6.07 Å². The van der Waals surface area contributed by atoms with Gasteiger partial charge in [-0.1, -0.05) is 29.4 Å². The Kier molecular flexibility index (Phi) is 3.60. The van der Waals surface area contributed by atoms with Crippen molar-refractivity contribution < 1.29 is 8.78 Å². The monoisotopic (exact) mass is 216 g/mol. The fraction of sp³-hybridized carbons (Fsp3) is 0.455. The zero-order valence-corrected chi connectivity index (χ0v) is 9.70. The summed E-state index contributed by atoms with van der Waals surface area (Å²) in [4.78, 5) is 0. The number of rotatable bonds is 3. The second-order valence-electron chi connectivity index (χ2n) is 3.99. The summed E-state index contributed by atoms with van der Waals surface area (Å²) >= 11 is 0. The molecule has 0 aliphatic rings. The fourth-order valence-corrected chi connectivity index (χ4v) is 2.31. The van der Waals surface area contributed by atoms with Crippen molar-refractivity contribution in [3.05, 3.63) is 29.8 Å². The van der Waals surface area contributed by atoms with Crippen LogP contribution in [0.15, 0.2) is 18.2 Å². The Hall–Kier alpha value is -0.490. The smallest absolute Gasteiger partial charge is 0.133 e. The standard InChI is InChI=1S/C11H15F2P/c1-4-11(2,3)14-10-6-5-8(12)7-9(10)13/h5-7,14H,4H2,1-3H3. The summed E-state index contributed by atoms with van der Waals surface area (Å²) in [6, 6.07) is 3.81. The summed E-state index contributed by atoms with van der Waals surface area (Å²) in [5.74, 6) is -0.935. The number of hydrogen-bond donors (Lipinski definition) is 0. The molecule has 1 rings (SSSR count). The van der Waals surface area contributed by atoms with E-state index in [1.54, 1.807) is 6.07 Å². The van der Waals surface area contributed by atoms with Gasteiger partial charge >= 0.3 is 0 Å². The molecule has 0 heterocycles. The van der Waals surface area contributed by atoms with Crippen molar-refractivity contribution in [1.82, 2.24) is 0 Å². The first-order chi connectivity index (χ1) is 6.44. The van der Waals surface area contributed by atoms with Crippen molar-refractivity contribution >= 4 is 13.9 Å². The van der Waals surface area contributed by atoms with Gasteiger partial charge in [0.05, 0.1) is 0 Å². The van der Waals surface area contributed by atoms with Crippen LogP contribution in [0.25, 0.3) is 0 Å². The van der Waals surface area contributed by atoms with Crippen LogP contribution in [0.4, 0.5) is 8.78 Å². The Morgan fingerprint density at radius 3 is 2.43 bits per heavy atom. The molecule has 3 heteroatoms. The molecule has 0 aliphatic heterocycles. The summed E-state index contributed by atoms with van der Waals surface area (Å²) in [7, 11) is 0.385. The largest absolute Gasteiger partial charge is 0.207 e. The van der Waals surface area contributed by atoms with E-state index >= 15 is 0 Å². The first-order valence-corrected chi connectivity index (χ1v) is 5.68. The van der Waals surface area contributed by atoms with Gasteiger partial charge in [-0.15, -0.1) is 0 Å². The summed E-state index contributed by atoms with van der Waals surface area (Å²) in [5, 5.41) is 0.719. The molecule has 0 amide bonds. The van der Waals surface area contributed by atoms with Crippen LogP contribution in [0.5, 0.6) is 0 Å². The number of halogens is 2. The maximum Gasteiger partial charge on any atom is 0.133 e. The molecule has 1 unspecified atom stereocenters. The van der Waals surface area contributed by atoms with E-state index in [0.29, 0.717) is 13.9 Å². The van der Waals surface area contributed by atoms with Gasteiger partial charge in [0, 0.05) is 11.4 Å². The van der Waals surface area contributed by atoms with E-state index in [2.05, 4.69) is 20.8 Å². The SMILES string of the molecule is CCC(C)(C)Pc1ccc(F)cc1F. The lowest BCUT2D eigenvalue weighted by Gasteiger charge is -2.22. The van der Waals surface area contributed by atoms with Crippen LogP contribution < -0.4 is 5.30 Å². The van der Waals surface area contributed by atoms with Gasteiger partial charge in [-0.2, -0.15) is 0 Å². The van der Waals surface area contributed by atoms with Crippen molar-refractivity contribution in [2.24, 2.45) is 0 Å². The van der Waals surface area contributed by atoms with Gasteiger partial charge < -0.3 is 0 Å². The van der Waals surface area contributed by atoms with Crippen LogP contribution in [0, 0.1) is 11.6 Å². The molecule has 1 atom stereocenters. The van der Waals surface area contributed by atoms with Crippen molar-refractivity contribution in [3.8, 4) is 0 Å². The Balaban J connectivity index is 2.87. The number of hydrogen-bond acceptors (Lipinski definition) is 0. The van der Waals surface area contributed by atoms with E-state index in [0.717, 1.165) is 12.5 Å². The van der Waals surface area contributed by atoms with Gasteiger partial charge in [-0.3, -0.25) is 0 Å². The molecule has 0 radical (unpaired) electrons. The molecule has 14 heavy (non-hydrogen) atoms. The maximum absolute atomic E-state index is 13.3. The average molecular weight is 216 g/mol. The Morgan fingerprint density at radius 1 is 1.29 bits per heavy atom. The molecule has 1 aromatic carbocycles. The molecule has 1 aromatic rings. The molecule has 0 nitrogen and oxygen atoms in total. The third kappa shape index (κ3) is 3.02. The second kappa shape index (κ2) is 4.35. The predicted molar refractivity (Wildman–Crippen MR) is 58.7 cm³/mol. The Morgan fingerprint density at radius 2 is 1.93 bits per heavy atom.